The highest BCUT2D eigenvalue weighted by Gasteiger charge is 2.30. The zero-order chi connectivity index (χ0) is 23.1. The van der Waals surface area contributed by atoms with E-state index in [4.69, 9.17) is 0 Å². The Bertz CT molecular complexity index is 1200. The molecule has 2 aliphatic rings. The van der Waals surface area contributed by atoms with E-state index >= 15 is 0 Å². The molecule has 0 saturated carbocycles. The Morgan fingerprint density at radius 1 is 0.848 bits per heavy atom. The van der Waals surface area contributed by atoms with E-state index in [1.54, 1.807) is 22.7 Å². The minimum absolute atomic E-state index is 0.0470. The number of nitrogens with one attached hydrogen (secondary N) is 2. The predicted molar refractivity (Wildman–Crippen MR) is 136 cm³/mol. The minimum Gasteiger partial charge on any atom is -0.317 e. The van der Waals surface area contributed by atoms with Crippen molar-refractivity contribution in [2.75, 3.05) is 23.7 Å². The molecule has 2 aliphatic heterocycles. The van der Waals surface area contributed by atoms with Gasteiger partial charge in [-0.15, -0.1) is 22.7 Å². The fourth-order valence-corrected chi connectivity index (χ4v) is 6.72. The maximum atomic E-state index is 13.1. The molecule has 0 spiro atoms. The Hall–Kier alpha value is -2.84. The summed E-state index contributed by atoms with van der Waals surface area (Å²) in [6.45, 7) is 7.51. The fourth-order valence-electron chi connectivity index (χ4n) is 4.79. The molecule has 2 atom stereocenters. The number of carbonyl (C=O) groups excluding carboxylic acids is 2. The van der Waals surface area contributed by atoms with Crippen LogP contribution in [-0.2, 0) is 12.8 Å². The van der Waals surface area contributed by atoms with Crippen LogP contribution in [0.5, 0.6) is 0 Å². The second kappa shape index (κ2) is 8.83. The van der Waals surface area contributed by atoms with Crippen LogP contribution in [0.2, 0.25) is 0 Å². The van der Waals surface area contributed by atoms with Gasteiger partial charge in [-0.1, -0.05) is 6.07 Å². The Labute approximate surface area is 202 Å². The van der Waals surface area contributed by atoms with E-state index in [0.717, 1.165) is 18.4 Å². The number of anilines is 2. The summed E-state index contributed by atoms with van der Waals surface area (Å²) >= 11 is 3.53. The Balaban J connectivity index is 1.28. The van der Waals surface area contributed by atoms with E-state index in [0.29, 0.717) is 24.5 Å². The maximum Gasteiger partial charge on any atom is 0.322 e. The zero-order valence-electron chi connectivity index (χ0n) is 19.1. The first-order valence-electron chi connectivity index (χ1n) is 11.3. The molecular weight excluding hydrogens is 452 g/mol. The second-order valence-corrected chi connectivity index (χ2v) is 10.7. The van der Waals surface area contributed by atoms with Crippen LogP contribution in [0.25, 0.3) is 0 Å². The number of carbonyl (C=O) groups is 2. The Morgan fingerprint density at radius 3 is 1.97 bits per heavy atom. The molecule has 33 heavy (non-hydrogen) atoms. The first kappa shape index (κ1) is 22.0. The van der Waals surface area contributed by atoms with E-state index in [-0.39, 0.29) is 24.1 Å². The molecule has 3 aromatic rings. The molecule has 5 rings (SSSR count). The molecular formula is C25H28N4O2S2. The van der Waals surface area contributed by atoms with Crippen LogP contribution in [0.3, 0.4) is 0 Å². The molecule has 0 fully saturated rings. The van der Waals surface area contributed by atoms with Crippen molar-refractivity contribution in [1.29, 1.82) is 0 Å². The lowest BCUT2D eigenvalue weighted by molar-refractivity contribution is 0.188. The molecule has 0 bridgehead atoms. The fraction of sp³-hybridized carbons (Fsp3) is 0.360. The SMILES string of the molecule is Cc1ccc(NC(=O)N2CCc3sccc3C2C)cc1NC(=O)N1CCc2sccc2C1C. The molecule has 0 radical (unpaired) electrons. The van der Waals surface area contributed by atoms with Gasteiger partial charge in [-0.3, -0.25) is 0 Å². The van der Waals surface area contributed by atoms with Crippen molar-refractivity contribution in [3.8, 4) is 0 Å². The molecule has 172 valence electrons. The molecule has 1 aromatic carbocycles. The van der Waals surface area contributed by atoms with Gasteiger partial charge in [-0.05, 0) is 85.3 Å². The van der Waals surface area contributed by atoms with Crippen LogP contribution in [0.1, 0.15) is 52.4 Å². The quantitative estimate of drug-likeness (QED) is 0.444. The molecule has 2 unspecified atom stereocenters. The number of amides is 4. The highest BCUT2D eigenvalue weighted by atomic mass is 32.1. The number of thiophene rings is 2. The summed E-state index contributed by atoms with van der Waals surface area (Å²) in [6.07, 6.45) is 1.78. The maximum absolute atomic E-state index is 13.1. The second-order valence-electron chi connectivity index (χ2n) is 8.73. The first-order chi connectivity index (χ1) is 15.9. The van der Waals surface area contributed by atoms with Crippen LogP contribution in [-0.4, -0.2) is 35.0 Å². The molecule has 4 heterocycles. The van der Waals surface area contributed by atoms with Crippen molar-refractivity contribution in [1.82, 2.24) is 9.80 Å². The molecule has 6 nitrogen and oxygen atoms in total. The minimum atomic E-state index is -0.116. The number of hydrogen-bond donors (Lipinski definition) is 2. The van der Waals surface area contributed by atoms with Crippen molar-refractivity contribution in [3.63, 3.8) is 0 Å². The van der Waals surface area contributed by atoms with Gasteiger partial charge in [0.2, 0.25) is 0 Å². The van der Waals surface area contributed by atoms with Crippen LogP contribution in [0.15, 0.2) is 41.1 Å². The standard InChI is InChI=1S/C25H28N4O2S2/c1-15-4-5-18(26-24(30)28-10-6-22-19(16(28)2)8-12-32-22)14-21(15)27-25(31)29-11-7-23-20(17(29)3)9-13-33-23/h4-5,8-9,12-14,16-17H,6-7,10-11H2,1-3H3,(H,26,30)(H,27,31). The van der Waals surface area contributed by atoms with Gasteiger partial charge in [0.15, 0.2) is 0 Å². The number of benzene rings is 1. The molecule has 8 heteroatoms. The molecule has 0 saturated heterocycles. The Kier molecular flexibility index (Phi) is 5.88. The van der Waals surface area contributed by atoms with E-state index in [1.165, 1.54) is 20.9 Å². The van der Waals surface area contributed by atoms with Crippen LogP contribution in [0.4, 0.5) is 21.0 Å². The molecule has 0 aliphatic carbocycles. The highest BCUT2D eigenvalue weighted by molar-refractivity contribution is 7.10. The number of fused-ring (bicyclic) bond motifs is 2. The molecule has 4 amide bonds. The lowest BCUT2D eigenvalue weighted by Gasteiger charge is -2.34. The Morgan fingerprint density at radius 2 is 1.39 bits per heavy atom. The summed E-state index contributed by atoms with van der Waals surface area (Å²) in [7, 11) is 0. The lowest BCUT2D eigenvalue weighted by atomic mass is 10.0. The molecule has 2 aromatic heterocycles. The number of hydrogen-bond acceptors (Lipinski definition) is 4. The third kappa shape index (κ3) is 4.13. The topological polar surface area (TPSA) is 64.7 Å². The van der Waals surface area contributed by atoms with E-state index < -0.39 is 0 Å². The van der Waals surface area contributed by atoms with Crippen LogP contribution in [0, 0.1) is 6.92 Å². The summed E-state index contributed by atoms with van der Waals surface area (Å²) in [4.78, 5) is 32.6. The van der Waals surface area contributed by atoms with Gasteiger partial charge < -0.3 is 20.4 Å². The number of urea groups is 2. The van der Waals surface area contributed by atoms with Crippen molar-refractivity contribution in [2.45, 2.75) is 45.7 Å². The van der Waals surface area contributed by atoms with Gasteiger partial charge in [0.05, 0.1) is 12.1 Å². The monoisotopic (exact) mass is 480 g/mol. The van der Waals surface area contributed by atoms with Crippen molar-refractivity contribution >= 4 is 46.1 Å². The smallest absolute Gasteiger partial charge is 0.317 e. The average Bonchev–Trinajstić information content (AvgIpc) is 3.46. The number of aryl methyl sites for hydroxylation is 1. The van der Waals surface area contributed by atoms with Gasteiger partial charge in [-0.2, -0.15) is 0 Å². The lowest BCUT2D eigenvalue weighted by Crippen LogP contribution is -2.41. The third-order valence-electron chi connectivity index (χ3n) is 6.81. The van der Waals surface area contributed by atoms with Crippen molar-refractivity contribution in [3.05, 3.63) is 67.5 Å². The normalized spacial score (nSPS) is 19.6. The van der Waals surface area contributed by atoms with E-state index in [2.05, 4.69) is 47.4 Å². The van der Waals surface area contributed by atoms with Crippen LogP contribution < -0.4 is 10.6 Å². The van der Waals surface area contributed by atoms with E-state index in [1.807, 2.05) is 34.9 Å². The van der Waals surface area contributed by atoms with Crippen molar-refractivity contribution in [2.24, 2.45) is 0 Å². The van der Waals surface area contributed by atoms with Gasteiger partial charge in [0.1, 0.15) is 0 Å². The summed E-state index contributed by atoms with van der Waals surface area (Å²) in [5, 5.41) is 10.3. The van der Waals surface area contributed by atoms with Gasteiger partial charge in [0, 0.05) is 34.2 Å². The van der Waals surface area contributed by atoms with Crippen LogP contribution >= 0.6 is 22.7 Å². The van der Waals surface area contributed by atoms with E-state index in [9.17, 15) is 9.59 Å². The number of rotatable bonds is 2. The predicted octanol–water partition coefficient (Wildman–Crippen LogP) is 6.42. The zero-order valence-corrected chi connectivity index (χ0v) is 20.7. The largest absolute Gasteiger partial charge is 0.322 e. The summed E-state index contributed by atoms with van der Waals surface area (Å²) in [5.41, 5.74) is 4.83. The summed E-state index contributed by atoms with van der Waals surface area (Å²) in [5.74, 6) is 0. The van der Waals surface area contributed by atoms with Gasteiger partial charge >= 0.3 is 12.1 Å². The van der Waals surface area contributed by atoms with Crippen molar-refractivity contribution < 1.29 is 9.59 Å². The molecule has 2 N–H and O–H groups in total. The third-order valence-corrected chi connectivity index (χ3v) is 8.80. The first-order valence-corrected chi connectivity index (χ1v) is 13.1. The number of nitrogens with zero attached hydrogens (tertiary/aromatic N) is 2. The van der Waals surface area contributed by atoms with Gasteiger partial charge in [-0.25, -0.2) is 9.59 Å². The average molecular weight is 481 g/mol. The highest BCUT2D eigenvalue weighted by Crippen LogP contribution is 2.35. The summed E-state index contributed by atoms with van der Waals surface area (Å²) in [6, 6.07) is 9.76. The summed E-state index contributed by atoms with van der Waals surface area (Å²) < 4.78 is 0. The van der Waals surface area contributed by atoms with Gasteiger partial charge in [0.25, 0.3) is 0 Å².